The van der Waals surface area contributed by atoms with Crippen LogP contribution < -0.4 is 0 Å². The van der Waals surface area contributed by atoms with Gasteiger partial charge in [-0.05, 0) is 68.2 Å². The number of benzene rings is 1. The second-order valence-electron chi connectivity index (χ2n) is 11.5. The Kier molecular flexibility index (Phi) is 7.08. The number of halogens is 1. The van der Waals surface area contributed by atoms with Crippen LogP contribution in [0.15, 0.2) is 34.9 Å². The van der Waals surface area contributed by atoms with Crippen molar-refractivity contribution in [2.75, 3.05) is 6.61 Å². The first kappa shape index (κ1) is 25.2. The Morgan fingerprint density at radius 1 is 1.17 bits per heavy atom. The number of imide groups is 1. The van der Waals surface area contributed by atoms with Gasteiger partial charge in [-0.1, -0.05) is 56.4 Å². The molecule has 3 fully saturated rings. The molecule has 0 aromatic heterocycles. The maximum atomic E-state index is 13.7. The maximum Gasteiger partial charge on any atom is 0.234 e. The van der Waals surface area contributed by atoms with Gasteiger partial charge in [0, 0.05) is 12.0 Å². The predicted octanol–water partition coefficient (Wildman–Crippen LogP) is 6.02. The molecule has 0 bridgehead atoms. The Hall–Kier alpha value is -2.47. The monoisotopic (exact) mass is 495 g/mol. The largest absolute Gasteiger partial charge is 0.505 e. The van der Waals surface area contributed by atoms with Crippen LogP contribution in [0, 0.1) is 29.5 Å². The third kappa shape index (κ3) is 4.53. The lowest BCUT2D eigenvalue weighted by Gasteiger charge is -2.33. The van der Waals surface area contributed by atoms with E-state index in [1.165, 1.54) is 29.7 Å². The van der Waals surface area contributed by atoms with E-state index < -0.39 is 5.82 Å². The van der Waals surface area contributed by atoms with E-state index in [2.05, 4.69) is 13.8 Å². The minimum absolute atomic E-state index is 0.00771. The zero-order valence-corrected chi connectivity index (χ0v) is 21.6. The van der Waals surface area contributed by atoms with Crippen LogP contribution >= 0.6 is 0 Å². The number of amides is 2. The van der Waals surface area contributed by atoms with Crippen LogP contribution in [0.3, 0.4) is 0 Å². The highest BCUT2D eigenvalue weighted by atomic mass is 19.1. The van der Waals surface area contributed by atoms with E-state index in [0.717, 1.165) is 44.1 Å². The van der Waals surface area contributed by atoms with Gasteiger partial charge in [0.25, 0.3) is 0 Å². The molecule has 2 heterocycles. The van der Waals surface area contributed by atoms with Gasteiger partial charge in [0.2, 0.25) is 11.8 Å². The van der Waals surface area contributed by atoms with Crippen molar-refractivity contribution in [3.63, 3.8) is 0 Å². The molecule has 2 aliphatic heterocycles. The summed E-state index contributed by atoms with van der Waals surface area (Å²) in [5.41, 5.74) is 4.38. The minimum Gasteiger partial charge on any atom is -0.505 e. The number of phenols is 1. The molecule has 5 rings (SSSR count). The molecule has 0 radical (unpaired) electrons. The van der Waals surface area contributed by atoms with Crippen LogP contribution in [-0.2, 0) is 14.3 Å². The summed E-state index contributed by atoms with van der Waals surface area (Å²) in [7, 11) is 0. The number of likely N-dealkylation sites (tertiary alicyclic amines) is 1. The van der Waals surface area contributed by atoms with Crippen molar-refractivity contribution in [3.05, 3.63) is 46.3 Å². The maximum absolute atomic E-state index is 13.7. The highest BCUT2D eigenvalue weighted by Crippen LogP contribution is 2.52. The molecule has 36 heavy (non-hydrogen) atoms. The highest BCUT2D eigenvalue weighted by Gasteiger charge is 2.58. The predicted molar refractivity (Wildman–Crippen MR) is 136 cm³/mol. The fourth-order valence-electron chi connectivity index (χ4n) is 7.01. The van der Waals surface area contributed by atoms with Crippen LogP contribution in [0.5, 0.6) is 5.75 Å². The van der Waals surface area contributed by atoms with Crippen LogP contribution in [-0.4, -0.2) is 40.6 Å². The summed E-state index contributed by atoms with van der Waals surface area (Å²) in [5.74, 6) is -1.10. The lowest BCUT2D eigenvalue weighted by atomic mass is 9.67. The topological polar surface area (TPSA) is 66.8 Å². The van der Waals surface area contributed by atoms with E-state index in [9.17, 15) is 19.1 Å². The zero-order chi connectivity index (χ0) is 25.6. The molecule has 2 aliphatic carbocycles. The Balaban J connectivity index is 1.34. The Morgan fingerprint density at radius 3 is 2.61 bits per heavy atom. The molecule has 5 nitrogen and oxygen atoms in total. The van der Waals surface area contributed by atoms with E-state index in [1.54, 1.807) is 11.0 Å². The van der Waals surface area contributed by atoms with Crippen molar-refractivity contribution >= 4 is 17.9 Å². The molecule has 1 aromatic rings. The Morgan fingerprint density at radius 2 is 1.92 bits per heavy atom. The molecule has 1 aromatic carbocycles. The smallest absolute Gasteiger partial charge is 0.234 e. The summed E-state index contributed by atoms with van der Waals surface area (Å²) in [6, 6.07) is 4.48. The van der Waals surface area contributed by atoms with Gasteiger partial charge in [0.05, 0.1) is 24.5 Å². The SMILES string of the molecule is C/C(=C\c1ccc(O)c(F)c1)CC[C@H]1OC[C@H]2C1=C(C(C)C)C[C@H]1C(=O)N(C3CCCCC3)C(=O)[C@H]12. The van der Waals surface area contributed by atoms with Crippen LogP contribution in [0.25, 0.3) is 6.08 Å². The summed E-state index contributed by atoms with van der Waals surface area (Å²) in [4.78, 5) is 28.8. The van der Waals surface area contributed by atoms with Crippen molar-refractivity contribution in [3.8, 4) is 5.75 Å². The third-order valence-corrected chi connectivity index (χ3v) is 8.80. The Labute approximate surface area is 213 Å². The standard InChI is InChI=1S/C30H38FNO4/c1-17(2)21-15-22-28(30(35)32(29(22)34)20-7-5-4-6-8-20)23-16-36-26(27(21)23)12-9-18(3)13-19-10-11-25(33)24(31)14-19/h10-11,13-14,17,20,22-23,26,28,33H,4-9,12,15-16H2,1-3H3/b18-13+/t22-,23+,26-,28-/m1/s1. The van der Waals surface area contributed by atoms with Crippen molar-refractivity contribution in [2.45, 2.75) is 84.3 Å². The Bertz CT molecular complexity index is 1100. The molecule has 1 saturated carbocycles. The number of carbonyl (C=O) groups is 2. The number of rotatable bonds is 6. The first-order valence-electron chi connectivity index (χ1n) is 13.6. The number of hydrogen-bond donors (Lipinski definition) is 1. The number of allylic oxidation sites excluding steroid dienone is 2. The van der Waals surface area contributed by atoms with E-state index in [0.29, 0.717) is 24.5 Å². The molecule has 2 saturated heterocycles. The summed E-state index contributed by atoms with van der Waals surface area (Å²) in [6.45, 7) is 6.88. The van der Waals surface area contributed by atoms with Gasteiger partial charge >= 0.3 is 0 Å². The van der Waals surface area contributed by atoms with Crippen molar-refractivity contribution < 1.29 is 23.8 Å². The molecule has 0 unspecified atom stereocenters. The number of phenolic OH excluding ortho intramolecular Hbond substituents is 1. The van der Waals surface area contributed by atoms with Gasteiger partial charge in [0.1, 0.15) is 0 Å². The quantitative estimate of drug-likeness (QED) is 0.387. The lowest BCUT2D eigenvalue weighted by molar-refractivity contribution is -0.143. The second kappa shape index (κ2) is 10.1. The van der Waals surface area contributed by atoms with Crippen molar-refractivity contribution in [1.29, 1.82) is 0 Å². The summed E-state index contributed by atoms with van der Waals surface area (Å²) in [5, 5.41) is 9.43. The first-order chi connectivity index (χ1) is 17.3. The zero-order valence-electron chi connectivity index (χ0n) is 21.6. The molecule has 6 heteroatoms. The molecule has 0 spiro atoms. The summed E-state index contributed by atoms with van der Waals surface area (Å²) >= 11 is 0. The van der Waals surface area contributed by atoms with Gasteiger partial charge in [-0.2, -0.15) is 0 Å². The van der Waals surface area contributed by atoms with Gasteiger partial charge in [-0.15, -0.1) is 0 Å². The fraction of sp³-hybridized carbons (Fsp3) is 0.600. The van der Waals surface area contributed by atoms with E-state index in [-0.39, 0.29) is 47.5 Å². The van der Waals surface area contributed by atoms with Crippen LogP contribution in [0.4, 0.5) is 4.39 Å². The average Bonchev–Trinajstić information content (AvgIpc) is 3.38. The minimum atomic E-state index is -0.625. The average molecular weight is 496 g/mol. The van der Waals surface area contributed by atoms with Gasteiger partial charge in [-0.25, -0.2) is 4.39 Å². The molecule has 4 aliphatic rings. The number of aromatic hydroxyl groups is 1. The van der Waals surface area contributed by atoms with E-state index >= 15 is 0 Å². The van der Waals surface area contributed by atoms with Crippen LogP contribution in [0.2, 0.25) is 0 Å². The normalized spacial score (nSPS) is 29.4. The summed E-state index contributed by atoms with van der Waals surface area (Å²) in [6.07, 6.45) is 9.38. The second-order valence-corrected chi connectivity index (χ2v) is 11.5. The number of carbonyl (C=O) groups excluding carboxylic acids is 2. The van der Waals surface area contributed by atoms with E-state index in [1.807, 2.05) is 13.0 Å². The van der Waals surface area contributed by atoms with Gasteiger partial charge in [-0.3, -0.25) is 14.5 Å². The number of ether oxygens (including phenoxy) is 1. The summed E-state index contributed by atoms with van der Waals surface area (Å²) < 4.78 is 20.0. The first-order valence-corrected chi connectivity index (χ1v) is 13.6. The number of hydrogen-bond acceptors (Lipinski definition) is 4. The number of fused-ring (bicyclic) bond motifs is 3. The van der Waals surface area contributed by atoms with Crippen LogP contribution in [0.1, 0.15) is 77.7 Å². The van der Waals surface area contributed by atoms with Crippen molar-refractivity contribution in [1.82, 2.24) is 4.90 Å². The molecule has 2 amide bonds. The highest BCUT2D eigenvalue weighted by molar-refractivity contribution is 6.06. The molecular weight excluding hydrogens is 457 g/mol. The fourth-order valence-corrected chi connectivity index (χ4v) is 7.01. The lowest BCUT2D eigenvalue weighted by Crippen LogP contribution is -2.42. The molecule has 1 N–H and O–H groups in total. The van der Waals surface area contributed by atoms with Crippen molar-refractivity contribution in [2.24, 2.45) is 23.7 Å². The molecule has 4 atom stereocenters. The number of nitrogens with zero attached hydrogens (tertiary/aromatic N) is 1. The third-order valence-electron chi connectivity index (χ3n) is 8.80. The van der Waals surface area contributed by atoms with E-state index in [4.69, 9.17) is 4.74 Å². The van der Waals surface area contributed by atoms with Gasteiger partial charge < -0.3 is 9.84 Å². The molecule has 194 valence electrons. The van der Waals surface area contributed by atoms with Gasteiger partial charge in [0.15, 0.2) is 11.6 Å². The molecular formula is C30H38FNO4.